The lowest BCUT2D eigenvalue weighted by atomic mass is 10.1. The number of anilines is 1. The molecule has 0 saturated carbocycles. The Bertz CT molecular complexity index is 1070. The Labute approximate surface area is 190 Å². The number of ether oxygens (including phenoxy) is 2. The van der Waals surface area contributed by atoms with Gasteiger partial charge in [0.1, 0.15) is 11.5 Å². The highest BCUT2D eigenvalue weighted by Crippen LogP contribution is 2.33. The Balaban J connectivity index is 1.89. The van der Waals surface area contributed by atoms with Crippen molar-refractivity contribution in [3.05, 3.63) is 87.9 Å². The molecule has 0 saturated heterocycles. The summed E-state index contributed by atoms with van der Waals surface area (Å²) in [7, 11) is 0. The highest BCUT2D eigenvalue weighted by Gasteiger charge is 2.17. The predicted octanol–water partition coefficient (Wildman–Crippen LogP) is 6.99. The normalized spacial score (nSPS) is 10.4. The summed E-state index contributed by atoms with van der Waals surface area (Å²) < 4.78 is 11.2. The molecule has 0 aliphatic rings. The number of carbonyl (C=O) groups excluding carboxylic acids is 2. The zero-order chi connectivity index (χ0) is 22.2. The summed E-state index contributed by atoms with van der Waals surface area (Å²) in [5, 5.41) is 3.60. The Hall–Kier alpha value is -3.02. The van der Waals surface area contributed by atoms with Crippen LogP contribution in [0.5, 0.6) is 11.5 Å². The monoisotopic (exact) mass is 457 g/mol. The minimum Gasteiger partial charge on any atom is -0.462 e. The van der Waals surface area contributed by atoms with Crippen molar-refractivity contribution >= 4 is 40.8 Å². The number of esters is 1. The molecule has 0 atom stereocenters. The lowest BCUT2D eigenvalue weighted by molar-refractivity contribution is 0.0501. The van der Waals surface area contributed by atoms with Crippen molar-refractivity contribution in [2.24, 2.45) is 0 Å². The summed E-state index contributed by atoms with van der Waals surface area (Å²) in [5.41, 5.74) is 0.966. The molecule has 0 heterocycles. The summed E-state index contributed by atoms with van der Waals surface area (Å²) >= 11 is 12.1. The number of unbranched alkanes of at least 4 members (excludes halogenated alkanes) is 1. The molecule has 31 heavy (non-hydrogen) atoms. The molecule has 0 unspecified atom stereocenters. The molecular formula is C24H21Cl2NO4. The molecule has 0 aliphatic heterocycles. The Kier molecular flexibility index (Phi) is 7.93. The van der Waals surface area contributed by atoms with Gasteiger partial charge in [-0.1, -0.05) is 54.7 Å². The molecule has 3 aromatic rings. The molecule has 0 spiro atoms. The first-order valence-electron chi connectivity index (χ1n) is 9.78. The van der Waals surface area contributed by atoms with Crippen LogP contribution in [-0.2, 0) is 4.74 Å². The van der Waals surface area contributed by atoms with Crippen LogP contribution in [0.4, 0.5) is 5.69 Å². The second kappa shape index (κ2) is 10.8. The topological polar surface area (TPSA) is 64.6 Å². The van der Waals surface area contributed by atoms with Gasteiger partial charge in [-0.2, -0.15) is 0 Å². The van der Waals surface area contributed by atoms with Gasteiger partial charge in [0.05, 0.1) is 22.9 Å². The first kappa shape index (κ1) is 22.7. The van der Waals surface area contributed by atoms with Crippen LogP contribution in [-0.4, -0.2) is 18.5 Å². The second-order valence-corrected chi connectivity index (χ2v) is 7.54. The molecule has 0 bridgehead atoms. The highest BCUT2D eigenvalue weighted by atomic mass is 35.5. The van der Waals surface area contributed by atoms with Crippen LogP contribution in [0.2, 0.25) is 10.0 Å². The fraction of sp³-hybridized carbons (Fsp3) is 0.167. The second-order valence-electron chi connectivity index (χ2n) is 6.69. The minimum absolute atomic E-state index is 0.231. The summed E-state index contributed by atoms with van der Waals surface area (Å²) in [4.78, 5) is 25.2. The average Bonchev–Trinajstić information content (AvgIpc) is 2.76. The molecule has 1 amide bonds. The summed E-state index contributed by atoms with van der Waals surface area (Å²) in [6.45, 7) is 2.31. The van der Waals surface area contributed by atoms with E-state index in [1.807, 2.05) is 13.0 Å². The van der Waals surface area contributed by atoms with Crippen molar-refractivity contribution < 1.29 is 19.1 Å². The number of carbonyl (C=O) groups is 2. The van der Waals surface area contributed by atoms with Crippen molar-refractivity contribution in [1.29, 1.82) is 0 Å². The molecule has 0 aliphatic carbocycles. The van der Waals surface area contributed by atoms with Crippen LogP contribution in [0, 0.1) is 0 Å². The van der Waals surface area contributed by atoms with E-state index in [1.165, 1.54) is 0 Å². The maximum atomic E-state index is 12.7. The van der Waals surface area contributed by atoms with E-state index in [1.54, 1.807) is 60.7 Å². The van der Waals surface area contributed by atoms with Crippen LogP contribution in [0.15, 0.2) is 66.7 Å². The van der Waals surface area contributed by atoms with Crippen molar-refractivity contribution in [2.45, 2.75) is 19.8 Å². The van der Waals surface area contributed by atoms with Gasteiger partial charge in [-0.15, -0.1) is 0 Å². The first-order chi connectivity index (χ1) is 15.0. The molecule has 0 radical (unpaired) electrons. The van der Waals surface area contributed by atoms with Gasteiger partial charge in [-0.05, 0) is 48.9 Å². The van der Waals surface area contributed by atoms with Crippen LogP contribution < -0.4 is 10.1 Å². The van der Waals surface area contributed by atoms with E-state index in [-0.39, 0.29) is 17.2 Å². The Morgan fingerprint density at radius 1 is 0.968 bits per heavy atom. The third kappa shape index (κ3) is 6.23. The average molecular weight is 458 g/mol. The zero-order valence-electron chi connectivity index (χ0n) is 16.9. The Morgan fingerprint density at radius 3 is 2.45 bits per heavy atom. The lowest BCUT2D eigenvalue weighted by Crippen LogP contribution is -2.16. The summed E-state index contributed by atoms with van der Waals surface area (Å²) in [5.74, 6) is -0.0971. The van der Waals surface area contributed by atoms with E-state index >= 15 is 0 Å². The van der Waals surface area contributed by atoms with E-state index in [9.17, 15) is 9.59 Å². The van der Waals surface area contributed by atoms with Gasteiger partial charge in [0.15, 0.2) is 0 Å². The SMILES string of the molecule is CCCCOC(=O)c1ccc(Oc2ccc(Cl)cc2Cl)cc1NC(=O)c1ccccc1. The molecule has 5 nitrogen and oxygen atoms in total. The van der Waals surface area contributed by atoms with Gasteiger partial charge in [-0.3, -0.25) is 4.79 Å². The van der Waals surface area contributed by atoms with Gasteiger partial charge in [0.25, 0.3) is 5.91 Å². The van der Waals surface area contributed by atoms with Crippen LogP contribution in [0.1, 0.15) is 40.5 Å². The molecule has 0 aromatic heterocycles. The van der Waals surface area contributed by atoms with Gasteiger partial charge in [0.2, 0.25) is 0 Å². The van der Waals surface area contributed by atoms with E-state index in [0.29, 0.717) is 33.7 Å². The number of amides is 1. The first-order valence-corrected chi connectivity index (χ1v) is 10.5. The van der Waals surface area contributed by atoms with Crippen molar-refractivity contribution in [1.82, 2.24) is 0 Å². The number of hydrogen-bond acceptors (Lipinski definition) is 4. The quantitative estimate of drug-likeness (QED) is 0.292. The van der Waals surface area contributed by atoms with Crippen molar-refractivity contribution in [3.8, 4) is 11.5 Å². The predicted molar refractivity (Wildman–Crippen MR) is 123 cm³/mol. The van der Waals surface area contributed by atoms with E-state index in [2.05, 4.69) is 5.32 Å². The molecule has 3 rings (SSSR count). The largest absolute Gasteiger partial charge is 0.462 e. The van der Waals surface area contributed by atoms with Gasteiger partial charge >= 0.3 is 5.97 Å². The zero-order valence-corrected chi connectivity index (χ0v) is 18.4. The highest BCUT2D eigenvalue weighted by molar-refractivity contribution is 6.35. The minimum atomic E-state index is -0.520. The number of benzene rings is 3. The molecule has 1 N–H and O–H groups in total. The van der Waals surface area contributed by atoms with E-state index in [4.69, 9.17) is 32.7 Å². The van der Waals surface area contributed by atoms with Crippen LogP contribution in [0.3, 0.4) is 0 Å². The van der Waals surface area contributed by atoms with Gasteiger partial charge < -0.3 is 14.8 Å². The molecule has 7 heteroatoms. The van der Waals surface area contributed by atoms with Crippen molar-refractivity contribution in [2.75, 3.05) is 11.9 Å². The standard InChI is InChI=1S/C24H21Cl2NO4/c1-2-3-13-30-24(29)19-11-10-18(31-22-12-9-17(25)14-20(22)26)15-21(19)27-23(28)16-7-5-4-6-8-16/h4-12,14-15H,2-3,13H2,1H3,(H,27,28). The maximum Gasteiger partial charge on any atom is 0.340 e. The third-order valence-corrected chi connectivity index (χ3v) is 4.88. The smallest absolute Gasteiger partial charge is 0.340 e. The molecule has 3 aromatic carbocycles. The van der Waals surface area contributed by atoms with Crippen LogP contribution in [0.25, 0.3) is 0 Å². The van der Waals surface area contributed by atoms with Gasteiger partial charge in [-0.25, -0.2) is 4.79 Å². The molecule has 160 valence electrons. The van der Waals surface area contributed by atoms with Crippen molar-refractivity contribution in [3.63, 3.8) is 0 Å². The fourth-order valence-electron chi connectivity index (χ4n) is 2.72. The Morgan fingerprint density at radius 2 is 1.74 bits per heavy atom. The third-order valence-electron chi connectivity index (χ3n) is 4.35. The van der Waals surface area contributed by atoms with E-state index < -0.39 is 5.97 Å². The number of halogens is 2. The van der Waals surface area contributed by atoms with E-state index in [0.717, 1.165) is 12.8 Å². The lowest BCUT2D eigenvalue weighted by Gasteiger charge is -2.14. The number of nitrogens with one attached hydrogen (secondary N) is 1. The maximum absolute atomic E-state index is 12.7. The summed E-state index contributed by atoms with van der Waals surface area (Å²) in [6.07, 6.45) is 1.66. The number of rotatable bonds is 8. The number of hydrogen-bond donors (Lipinski definition) is 1. The molecule has 0 fully saturated rings. The fourth-order valence-corrected chi connectivity index (χ4v) is 3.17. The van der Waals surface area contributed by atoms with Crippen LogP contribution >= 0.6 is 23.2 Å². The summed E-state index contributed by atoms with van der Waals surface area (Å²) in [6, 6.07) is 18.3. The van der Waals surface area contributed by atoms with Gasteiger partial charge in [0, 0.05) is 16.7 Å². The molecular weight excluding hydrogens is 437 g/mol.